The van der Waals surface area contributed by atoms with Crippen LogP contribution >= 0.6 is 0 Å². The number of rotatable bonds is 4. The molecule has 1 fully saturated rings. The summed E-state index contributed by atoms with van der Waals surface area (Å²) in [5.41, 5.74) is 8.40. The number of nitrogens with two attached hydrogens (primary N) is 1. The summed E-state index contributed by atoms with van der Waals surface area (Å²) < 4.78 is 0. The van der Waals surface area contributed by atoms with Crippen molar-refractivity contribution in [1.29, 1.82) is 0 Å². The van der Waals surface area contributed by atoms with Crippen molar-refractivity contribution in [2.45, 2.75) is 33.2 Å². The molecule has 28 heavy (non-hydrogen) atoms. The third kappa shape index (κ3) is 3.98. The monoisotopic (exact) mass is 381 g/mol. The van der Waals surface area contributed by atoms with E-state index in [-0.39, 0.29) is 11.8 Å². The molecule has 0 aliphatic carbocycles. The Morgan fingerprint density at radius 1 is 1.32 bits per heavy atom. The molecule has 2 N–H and O–H groups in total. The lowest BCUT2D eigenvalue weighted by Gasteiger charge is -2.40. The fourth-order valence-corrected chi connectivity index (χ4v) is 3.44. The number of nitrogen functional groups attached to an aromatic ring is 1. The number of hydrogen-bond acceptors (Lipinski definition) is 5. The van der Waals surface area contributed by atoms with E-state index in [0.29, 0.717) is 48.2 Å². The third-order valence-electron chi connectivity index (χ3n) is 5.06. The molecule has 0 spiro atoms. The van der Waals surface area contributed by atoms with Crippen LogP contribution < -0.4 is 5.73 Å². The molecule has 1 aliphatic rings. The largest absolute Gasteiger partial charge is 0.382 e. The second kappa shape index (κ2) is 7.96. The van der Waals surface area contributed by atoms with E-state index in [4.69, 9.17) is 5.73 Å². The van der Waals surface area contributed by atoms with Gasteiger partial charge >= 0.3 is 0 Å². The van der Waals surface area contributed by atoms with Crippen LogP contribution in [0.15, 0.2) is 30.5 Å². The van der Waals surface area contributed by atoms with E-state index in [1.165, 1.54) is 0 Å². The molecule has 148 valence electrons. The highest BCUT2D eigenvalue weighted by Gasteiger charge is 2.36. The highest BCUT2D eigenvalue weighted by atomic mass is 16.2. The number of piperazine rings is 1. The fraction of sp³-hybridized carbons (Fsp3) is 0.429. The van der Waals surface area contributed by atoms with Crippen LogP contribution in [0.1, 0.15) is 36.3 Å². The number of carbonyl (C=O) groups is 2. The van der Waals surface area contributed by atoms with Gasteiger partial charge in [-0.25, -0.2) is 9.97 Å². The Hall–Kier alpha value is -2.96. The van der Waals surface area contributed by atoms with E-state index in [9.17, 15) is 9.59 Å². The van der Waals surface area contributed by atoms with E-state index in [2.05, 4.69) is 23.8 Å². The van der Waals surface area contributed by atoms with Gasteiger partial charge in [0.1, 0.15) is 11.9 Å². The van der Waals surface area contributed by atoms with Crippen molar-refractivity contribution in [1.82, 2.24) is 19.8 Å². The number of benzene rings is 1. The van der Waals surface area contributed by atoms with Gasteiger partial charge in [0.05, 0.1) is 17.6 Å². The van der Waals surface area contributed by atoms with Gasteiger partial charge in [-0.3, -0.25) is 9.59 Å². The van der Waals surface area contributed by atoms with Gasteiger partial charge in [0, 0.05) is 31.3 Å². The van der Waals surface area contributed by atoms with Gasteiger partial charge in [0.2, 0.25) is 5.91 Å². The van der Waals surface area contributed by atoms with Crippen LogP contribution in [-0.2, 0) is 4.79 Å². The minimum atomic E-state index is -0.423. The predicted molar refractivity (Wildman–Crippen MR) is 109 cm³/mol. The Balaban J connectivity index is 1.91. The second-order valence-corrected chi connectivity index (χ2v) is 7.71. The molecule has 3 rings (SSSR count). The first-order valence-corrected chi connectivity index (χ1v) is 9.53. The quantitative estimate of drug-likeness (QED) is 0.878. The Bertz CT molecular complexity index is 896. The van der Waals surface area contributed by atoms with Crippen LogP contribution in [0, 0.1) is 12.8 Å². The average Bonchev–Trinajstić information content (AvgIpc) is 2.67. The third-order valence-corrected chi connectivity index (χ3v) is 5.06. The summed E-state index contributed by atoms with van der Waals surface area (Å²) >= 11 is 0. The maximum Gasteiger partial charge on any atom is 0.254 e. The van der Waals surface area contributed by atoms with E-state index >= 15 is 0 Å². The van der Waals surface area contributed by atoms with Gasteiger partial charge in [0.25, 0.3) is 5.91 Å². The van der Waals surface area contributed by atoms with Gasteiger partial charge in [0.15, 0.2) is 0 Å². The van der Waals surface area contributed by atoms with Crippen LogP contribution in [0.25, 0.3) is 11.3 Å². The first-order chi connectivity index (χ1) is 13.3. The summed E-state index contributed by atoms with van der Waals surface area (Å²) in [5.74, 6) is 0.581. The number of amides is 2. The molecule has 1 saturated heterocycles. The van der Waals surface area contributed by atoms with Crippen LogP contribution in [0.4, 0.5) is 5.82 Å². The molecule has 1 atom stereocenters. The highest BCUT2D eigenvalue weighted by molar-refractivity contribution is 5.99. The lowest BCUT2D eigenvalue weighted by molar-refractivity contribution is -0.139. The van der Waals surface area contributed by atoms with E-state index in [0.717, 1.165) is 5.56 Å². The molecular formula is C21H27N5O2. The van der Waals surface area contributed by atoms with Crippen molar-refractivity contribution >= 4 is 17.6 Å². The molecular weight excluding hydrogens is 354 g/mol. The zero-order valence-corrected chi connectivity index (χ0v) is 16.8. The van der Waals surface area contributed by atoms with Crippen molar-refractivity contribution in [3.63, 3.8) is 0 Å². The van der Waals surface area contributed by atoms with Crippen molar-refractivity contribution < 1.29 is 9.59 Å². The first-order valence-electron chi connectivity index (χ1n) is 9.53. The number of carbonyl (C=O) groups excluding carboxylic acids is 2. The molecule has 7 nitrogen and oxygen atoms in total. The van der Waals surface area contributed by atoms with Crippen molar-refractivity contribution in [2.24, 2.45) is 5.92 Å². The smallest absolute Gasteiger partial charge is 0.254 e. The number of hydrogen-bond donors (Lipinski definition) is 1. The fourth-order valence-electron chi connectivity index (χ4n) is 3.44. The number of aromatic nitrogens is 2. The molecule has 1 unspecified atom stereocenters. The van der Waals surface area contributed by atoms with Gasteiger partial charge in [-0.2, -0.15) is 0 Å². The summed E-state index contributed by atoms with van der Waals surface area (Å²) in [5, 5.41) is 0. The molecule has 2 aromatic rings. The molecule has 1 aromatic heterocycles. The molecule has 2 heterocycles. The van der Waals surface area contributed by atoms with Crippen LogP contribution in [0.2, 0.25) is 0 Å². The van der Waals surface area contributed by atoms with Gasteiger partial charge < -0.3 is 15.5 Å². The van der Waals surface area contributed by atoms with Crippen molar-refractivity contribution in [3.05, 3.63) is 41.7 Å². The summed E-state index contributed by atoms with van der Waals surface area (Å²) in [6.07, 6.45) is 2.25. The molecule has 0 saturated carbocycles. The predicted octanol–water partition coefficient (Wildman–Crippen LogP) is 2.36. The number of anilines is 1. The Morgan fingerprint density at radius 3 is 2.75 bits per heavy atom. The zero-order valence-electron chi connectivity index (χ0n) is 16.8. The van der Waals surface area contributed by atoms with Crippen molar-refractivity contribution in [2.75, 3.05) is 25.9 Å². The first kappa shape index (κ1) is 19.8. The molecule has 2 amide bonds. The van der Waals surface area contributed by atoms with Gasteiger partial charge in [-0.15, -0.1) is 0 Å². The summed E-state index contributed by atoms with van der Waals surface area (Å²) in [6, 6.07) is 6.87. The average molecular weight is 381 g/mol. The Kier molecular flexibility index (Phi) is 5.63. The lowest BCUT2D eigenvalue weighted by Crippen LogP contribution is -2.57. The maximum absolute atomic E-state index is 13.2. The van der Waals surface area contributed by atoms with Crippen LogP contribution in [-0.4, -0.2) is 57.8 Å². The molecule has 1 aliphatic heterocycles. The van der Waals surface area contributed by atoms with Crippen molar-refractivity contribution in [3.8, 4) is 11.3 Å². The number of aryl methyl sites for hydroxylation is 1. The minimum Gasteiger partial charge on any atom is -0.382 e. The standard InChI is InChI=1S/C21H27N5O2/c1-13(2)10-18-21(28)25(4)8-9-26(18)20(27)16-7-5-6-15(11-16)17-12-23-19(22)14(3)24-17/h5-7,11-13,18H,8-10H2,1-4H3,(H2,22,23). The SMILES string of the molecule is Cc1nc(-c2cccc(C(=O)N3CCN(C)C(=O)C3CC(C)C)c2)cnc1N. The normalized spacial score (nSPS) is 17.3. The van der Waals surface area contributed by atoms with E-state index in [1.54, 1.807) is 42.1 Å². The summed E-state index contributed by atoms with van der Waals surface area (Å²) in [4.78, 5) is 37.9. The maximum atomic E-state index is 13.2. The van der Waals surface area contributed by atoms with E-state index < -0.39 is 6.04 Å². The van der Waals surface area contributed by atoms with Crippen LogP contribution in [0.3, 0.4) is 0 Å². The van der Waals surface area contributed by atoms with Gasteiger partial charge in [-0.1, -0.05) is 26.0 Å². The number of likely N-dealkylation sites (N-methyl/N-ethyl adjacent to an activating group) is 1. The summed E-state index contributed by atoms with van der Waals surface area (Å²) in [7, 11) is 1.79. The molecule has 7 heteroatoms. The topological polar surface area (TPSA) is 92.4 Å². The Morgan fingerprint density at radius 2 is 2.07 bits per heavy atom. The highest BCUT2D eigenvalue weighted by Crippen LogP contribution is 2.23. The summed E-state index contributed by atoms with van der Waals surface area (Å²) in [6.45, 7) is 7.00. The molecule has 0 radical (unpaired) electrons. The molecule has 1 aromatic carbocycles. The van der Waals surface area contributed by atoms with Gasteiger partial charge in [-0.05, 0) is 31.4 Å². The lowest BCUT2D eigenvalue weighted by atomic mass is 9.98. The second-order valence-electron chi connectivity index (χ2n) is 7.71. The minimum absolute atomic E-state index is 0.00415. The molecule has 0 bridgehead atoms. The van der Waals surface area contributed by atoms with Crippen LogP contribution in [0.5, 0.6) is 0 Å². The Labute approximate surface area is 165 Å². The van der Waals surface area contributed by atoms with E-state index in [1.807, 2.05) is 12.1 Å². The number of nitrogens with zero attached hydrogens (tertiary/aromatic N) is 4. The zero-order chi connectivity index (χ0) is 20.4.